The Bertz CT molecular complexity index is 1100. The minimum absolute atomic E-state index is 0.0989. The van der Waals surface area contributed by atoms with Crippen molar-refractivity contribution in [2.45, 2.75) is 25.7 Å². The number of ether oxygens (including phenoxy) is 1. The van der Waals surface area contributed by atoms with Gasteiger partial charge in [0.15, 0.2) is 18.1 Å². The van der Waals surface area contributed by atoms with Crippen LogP contribution in [0.5, 0.6) is 0 Å². The number of nitrogens with zero attached hydrogens (tertiary/aromatic N) is 2. The molecule has 2 aromatic carbocycles. The maximum atomic E-state index is 12.7. The molecule has 1 heterocycles. The Labute approximate surface area is 173 Å². The summed E-state index contributed by atoms with van der Waals surface area (Å²) in [7, 11) is 0. The number of carbonyl (C=O) groups excluding carboxylic acids is 3. The fourth-order valence-corrected chi connectivity index (χ4v) is 3.11. The Morgan fingerprint density at radius 1 is 1.07 bits per heavy atom. The number of aromatic nitrogens is 2. The molecule has 7 heteroatoms. The maximum absolute atomic E-state index is 12.7. The molecule has 1 amide bonds. The summed E-state index contributed by atoms with van der Waals surface area (Å²) >= 11 is 0. The van der Waals surface area contributed by atoms with Gasteiger partial charge in [-0.15, -0.1) is 0 Å². The molecule has 3 aromatic rings. The number of para-hydroxylation sites is 1. The van der Waals surface area contributed by atoms with Gasteiger partial charge in [0.2, 0.25) is 0 Å². The molecule has 1 aliphatic carbocycles. The zero-order valence-corrected chi connectivity index (χ0v) is 16.5. The quantitative estimate of drug-likeness (QED) is 0.479. The van der Waals surface area contributed by atoms with E-state index in [1.807, 2.05) is 30.3 Å². The number of ketones is 1. The zero-order chi connectivity index (χ0) is 21.1. The molecule has 7 nitrogen and oxygen atoms in total. The van der Waals surface area contributed by atoms with Crippen molar-refractivity contribution in [1.29, 1.82) is 0 Å². The molecule has 0 saturated heterocycles. The van der Waals surface area contributed by atoms with Crippen LogP contribution < -0.4 is 5.32 Å². The van der Waals surface area contributed by atoms with Gasteiger partial charge in [-0.25, -0.2) is 9.48 Å². The van der Waals surface area contributed by atoms with E-state index in [9.17, 15) is 14.4 Å². The van der Waals surface area contributed by atoms with Crippen LogP contribution in [-0.2, 0) is 9.53 Å². The average Bonchev–Trinajstić information content (AvgIpc) is 3.51. The average molecular weight is 403 g/mol. The number of hydrogen-bond donors (Lipinski definition) is 1. The van der Waals surface area contributed by atoms with Crippen LogP contribution in [0.15, 0.2) is 60.7 Å². The van der Waals surface area contributed by atoms with E-state index in [1.165, 1.54) is 6.92 Å². The molecule has 1 N–H and O–H groups in total. The monoisotopic (exact) mass is 403 g/mol. The van der Waals surface area contributed by atoms with Gasteiger partial charge in [-0.2, -0.15) is 5.10 Å². The van der Waals surface area contributed by atoms with Crippen LogP contribution in [0.3, 0.4) is 0 Å². The first-order chi connectivity index (χ1) is 14.5. The number of rotatable bonds is 7. The second-order valence-electron chi connectivity index (χ2n) is 7.24. The van der Waals surface area contributed by atoms with Crippen molar-refractivity contribution in [1.82, 2.24) is 9.78 Å². The summed E-state index contributed by atoms with van der Waals surface area (Å²) in [6.45, 7) is 1.01. The van der Waals surface area contributed by atoms with E-state index in [4.69, 9.17) is 4.74 Å². The predicted octanol–water partition coefficient (Wildman–Crippen LogP) is 3.75. The van der Waals surface area contributed by atoms with Crippen molar-refractivity contribution in [3.63, 3.8) is 0 Å². The van der Waals surface area contributed by atoms with Crippen LogP contribution in [0.4, 0.5) is 5.69 Å². The lowest BCUT2D eigenvalue weighted by Gasteiger charge is -2.09. The van der Waals surface area contributed by atoms with Gasteiger partial charge in [-0.05, 0) is 50.1 Å². The van der Waals surface area contributed by atoms with Gasteiger partial charge >= 0.3 is 5.97 Å². The van der Waals surface area contributed by atoms with Crippen molar-refractivity contribution < 1.29 is 19.1 Å². The van der Waals surface area contributed by atoms with E-state index >= 15 is 0 Å². The van der Waals surface area contributed by atoms with Crippen molar-refractivity contribution in [2.24, 2.45) is 0 Å². The molecule has 0 spiro atoms. The number of esters is 1. The Kier molecular flexibility index (Phi) is 5.43. The van der Waals surface area contributed by atoms with E-state index in [2.05, 4.69) is 10.4 Å². The number of nitrogens with one attached hydrogen (secondary N) is 1. The van der Waals surface area contributed by atoms with Crippen LogP contribution in [0.1, 0.15) is 52.2 Å². The van der Waals surface area contributed by atoms with Crippen LogP contribution in [0.25, 0.3) is 5.69 Å². The topological polar surface area (TPSA) is 90.3 Å². The van der Waals surface area contributed by atoms with Crippen molar-refractivity contribution >= 4 is 23.3 Å². The Morgan fingerprint density at radius 2 is 1.83 bits per heavy atom. The summed E-state index contributed by atoms with van der Waals surface area (Å²) in [6, 6.07) is 17.7. The molecule has 1 fully saturated rings. The van der Waals surface area contributed by atoms with E-state index in [-0.39, 0.29) is 11.5 Å². The molecule has 4 rings (SSSR count). The molecule has 1 saturated carbocycles. The van der Waals surface area contributed by atoms with Crippen molar-refractivity contribution in [3.05, 3.63) is 77.6 Å². The molecule has 30 heavy (non-hydrogen) atoms. The predicted molar refractivity (Wildman–Crippen MR) is 111 cm³/mol. The van der Waals surface area contributed by atoms with E-state index in [0.717, 1.165) is 24.2 Å². The molecule has 1 aliphatic rings. The number of Topliss-reactive ketones (excluding diaryl/α,β-unsaturated/α-hetero) is 1. The van der Waals surface area contributed by atoms with Gasteiger partial charge in [0.05, 0.1) is 11.4 Å². The highest BCUT2D eigenvalue weighted by Gasteiger charge is 2.29. The first kappa shape index (κ1) is 19.6. The maximum Gasteiger partial charge on any atom is 0.357 e. The second kappa shape index (κ2) is 8.32. The first-order valence-corrected chi connectivity index (χ1v) is 9.74. The Hall–Kier alpha value is -3.74. The summed E-state index contributed by atoms with van der Waals surface area (Å²) in [5.41, 5.74) is 2.85. The molecule has 0 aliphatic heterocycles. The third-order valence-electron chi connectivity index (χ3n) is 4.82. The number of amides is 1. The third-order valence-corrected chi connectivity index (χ3v) is 4.82. The lowest BCUT2D eigenvalue weighted by atomic mass is 10.1. The first-order valence-electron chi connectivity index (χ1n) is 9.74. The number of hydrogen-bond acceptors (Lipinski definition) is 5. The fraction of sp³-hybridized carbons (Fsp3) is 0.217. The molecule has 0 unspecified atom stereocenters. The van der Waals surface area contributed by atoms with Gasteiger partial charge in [0, 0.05) is 17.2 Å². The standard InChI is InChI=1S/C23H21N3O4/c1-15(27)17-6-5-7-18(12-17)24-22(28)14-30-23(29)21-13-20(16-10-11-16)25-26(21)19-8-3-2-4-9-19/h2-9,12-13,16H,10-11,14H2,1H3,(H,24,28). The van der Waals surface area contributed by atoms with Gasteiger partial charge < -0.3 is 10.1 Å². The largest absolute Gasteiger partial charge is 0.451 e. The van der Waals surface area contributed by atoms with E-state index in [1.54, 1.807) is 35.0 Å². The highest BCUT2D eigenvalue weighted by Crippen LogP contribution is 2.39. The van der Waals surface area contributed by atoms with Gasteiger partial charge in [0.1, 0.15) is 0 Å². The van der Waals surface area contributed by atoms with Gasteiger partial charge in [-0.1, -0.05) is 30.3 Å². The molecule has 152 valence electrons. The zero-order valence-electron chi connectivity index (χ0n) is 16.5. The molecule has 1 aromatic heterocycles. The molecular weight excluding hydrogens is 382 g/mol. The Balaban J connectivity index is 1.44. The smallest absolute Gasteiger partial charge is 0.357 e. The SMILES string of the molecule is CC(=O)c1cccc(NC(=O)COC(=O)c2cc(C3CC3)nn2-c2ccccc2)c1. The minimum Gasteiger partial charge on any atom is -0.451 e. The molecular formula is C23H21N3O4. The fourth-order valence-electron chi connectivity index (χ4n) is 3.11. The third kappa shape index (κ3) is 4.46. The van der Waals surface area contributed by atoms with Crippen LogP contribution in [0.2, 0.25) is 0 Å². The van der Waals surface area contributed by atoms with Crippen molar-refractivity contribution in [3.8, 4) is 5.69 Å². The van der Waals surface area contributed by atoms with E-state index in [0.29, 0.717) is 17.2 Å². The number of anilines is 1. The molecule has 0 bridgehead atoms. The van der Waals surface area contributed by atoms with Gasteiger partial charge in [-0.3, -0.25) is 9.59 Å². The highest BCUT2D eigenvalue weighted by atomic mass is 16.5. The molecule has 0 atom stereocenters. The normalized spacial score (nSPS) is 13.0. The van der Waals surface area contributed by atoms with Crippen molar-refractivity contribution in [2.75, 3.05) is 11.9 Å². The highest BCUT2D eigenvalue weighted by molar-refractivity contribution is 5.98. The lowest BCUT2D eigenvalue weighted by Crippen LogP contribution is -2.22. The van der Waals surface area contributed by atoms with Gasteiger partial charge in [0.25, 0.3) is 5.91 Å². The van der Waals surface area contributed by atoms with Crippen LogP contribution >= 0.6 is 0 Å². The number of benzene rings is 2. The summed E-state index contributed by atoms with van der Waals surface area (Å²) in [5, 5.41) is 7.20. The second-order valence-corrected chi connectivity index (χ2v) is 7.24. The lowest BCUT2D eigenvalue weighted by molar-refractivity contribution is -0.119. The Morgan fingerprint density at radius 3 is 2.53 bits per heavy atom. The van der Waals surface area contributed by atoms with Crippen LogP contribution in [0, 0.1) is 0 Å². The summed E-state index contributed by atoms with van der Waals surface area (Å²) in [5.74, 6) is -0.834. The van der Waals surface area contributed by atoms with Crippen LogP contribution in [-0.4, -0.2) is 34.0 Å². The summed E-state index contributed by atoms with van der Waals surface area (Å²) in [4.78, 5) is 36.4. The number of carbonyl (C=O) groups is 3. The molecule has 0 radical (unpaired) electrons. The van der Waals surface area contributed by atoms with E-state index < -0.39 is 18.5 Å². The minimum atomic E-state index is -0.620. The summed E-state index contributed by atoms with van der Waals surface area (Å²) in [6.07, 6.45) is 2.12. The summed E-state index contributed by atoms with van der Waals surface area (Å²) < 4.78 is 6.80.